The number of imidazole rings is 1. The van der Waals surface area contributed by atoms with Gasteiger partial charge in [-0.3, -0.25) is 0 Å². The van der Waals surface area contributed by atoms with Crippen molar-refractivity contribution in [1.82, 2.24) is 4.40 Å². The van der Waals surface area contributed by atoms with Gasteiger partial charge in [-0.15, -0.1) is 0 Å². The molecule has 0 saturated heterocycles. The third kappa shape index (κ3) is 2.39. The minimum absolute atomic E-state index is 1.16. The first-order valence-corrected chi connectivity index (χ1v) is 9.89. The SMILES string of the molecule is c1ccc(-c2c(-c3ccccc3)n3c(c[n+]4ccccc34)c3ccccc23)cc1. The number of nitrogens with zero attached hydrogens (tertiary/aromatic N) is 2. The molecule has 0 radical (unpaired) electrons. The fraction of sp³-hybridized carbons (Fsp3) is 0. The standard InChI is InChI=1S/C27H19N2/c1-3-11-20(12-4-1)26-23-16-8-7-15-22(23)24-19-28-18-10-9-17-25(28)29(24)27(26)21-13-5-2-6-14-21/h1-19H/q+1. The molecule has 0 aliphatic heterocycles. The van der Waals surface area contributed by atoms with Gasteiger partial charge in [-0.1, -0.05) is 84.9 Å². The van der Waals surface area contributed by atoms with Gasteiger partial charge in [-0.2, -0.15) is 4.40 Å². The van der Waals surface area contributed by atoms with Gasteiger partial charge < -0.3 is 0 Å². The Balaban J connectivity index is 1.94. The van der Waals surface area contributed by atoms with E-state index < -0.39 is 0 Å². The first-order valence-electron chi connectivity index (χ1n) is 9.89. The van der Waals surface area contributed by atoms with Crippen LogP contribution in [0.4, 0.5) is 0 Å². The summed E-state index contributed by atoms with van der Waals surface area (Å²) in [6.07, 6.45) is 4.35. The second-order valence-electron chi connectivity index (χ2n) is 7.32. The molecule has 0 spiro atoms. The molecule has 0 N–H and O–H groups in total. The second-order valence-corrected chi connectivity index (χ2v) is 7.32. The van der Waals surface area contributed by atoms with E-state index in [9.17, 15) is 0 Å². The Morgan fingerprint density at radius 2 is 1.17 bits per heavy atom. The van der Waals surface area contributed by atoms with E-state index in [1.807, 2.05) is 0 Å². The summed E-state index contributed by atoms with van der Waals surface area (Å²) in [6, 6.07) is 36.5. The predicted octanol–water partition coefficient (Wildman–Crippen LogP) is 6.17. The van der Waals surface area contributed by atoms with Crippen molar-refractivity contribution in [3.8, 4) is 22.4 Å². The van der Waals surface area contributed by atoms with E-state index in [2.05, 4.69) is 124 Å². The maximum Gasteiger partial charge on any atom is 0.291 e. The van der Waals surface area contributed by atoms with E-state index >= 15 is 0 Å². The molecule has 2 heteroatoms. The zero-order valence-electron chi connectivity index (χ0n) is 15.9. The summed E-state index contributed by atoms with van der Waals surface area (Å²) in [7, 11) is 0. The number of hydrogen-bond donors (Lipinski definition) is 0. The largest absolute Gasteiger partial charge is 0.291 e. The van der Waals surface area contributed by atoms with E-state index in [0.29, 0.717) is 0 Å². The summed E-state index contributed by atoms with van der Waals surface area (Å²) in [6.45, 7) is 0. The Labute approximate surface area is 168 Å². The van der Waals surface area contributed by atoms with E-state index in [4.69, 9.17) is 0 Å². The van der Waals surface area contributed by atoms with Crippen LogP contribution in [0.25, 0.3) is 44.3 Å². The lowest BCUT2D eigenvalue weighted by atomic mass is 9.93. The number of benzene rings is 3. The van der Waals surface area contributed by atoms with Crippen LogP contribution in [0.1, 0.15) is 0 Å². The molecule has 6 aromatic rings. The third-order valence-electron chi connectivity index (χ3n) is 5.64. The summed E-state index contributed by atoms with van der Waals surface area (Å²) in [5.74, 6) is 0. The van der Waals surface area contributed by atoms with E-state index in [0.717, 1.165) is 5.65 Å². The summed E-state index contributed by atoms with van der Waals surface area (Å²) >= 11 is 0. The lowest BCUT2D eigenvalue weighted by Gasteiger charge is -2.13. The molecule has 0 unspecified atom stereocenters. The molecule has 0 saturated carbocycles. The molecular formula is C27H19N2+. The maximum absolute atomic E-state index is 2.40. The van der Waals surface area contributed by atoms with Crippen LogP contribution < -0.4 is 4.40 Å². The second kappa shape index (κ2) is 6.32. The van der Waals surface area contributed by atoms with Crippen LogP contribution in [0.5, 0.6) is 0 Å². The number of aromatic nitrogens is 2. The Bertz CT molecular complexity index is 1480. The minimum Gasteiger partial charge on any atom is -0.202 e. The van der Waals surface area contributed by atoms with Crippen LogP contribution >= 0.6 is 0 Å². The van der Waals surface area contributed by atoms with Crippen molar-refractivity contribution in [3.63, 3.8) is 0 Å². The summed E-state index contributed by atoms with van der Waals surface area (Å²) in [5.41, 5.74) is 7.30. The molecule has 0 atom stereocenters. The smallest absolute Gasteiger partial charge is 0.202 e. The van der Waals surface area contributed by atoms with Crippen molar-refractivity contribution in [1.29, 1.82) is 0 Å². The highest BCUT2D eigenvalue weighted by atomic mass is 15.1. The topological polar surface area (TPSA) is 8.51 Å². The van der Waals surface area contributed by atoms with Gasteiger partial charge in [0, 0.05) is 22.6 Å². The molecule has 0 fully saturated rings. The highest BCUT2D eigenvalue weighted by Crippen LogP contribution is 2.40. The van der Waals surface area contributed by atoms with Crippen LogP contribution in [0, 0.1) is 0 Å². The fourth-order valence-electron chi connectivity index (χ4n) is 4.41. The van der Waals surface area contributed by atoms with Crippen molar-refractivity contribution < 1.29 is 4.40 Å². The minimum atomic E-state index is 1.16. The van der Waals surface area contributed by atoms with Crippen LogP contribution in [0.3, 0.4) is 0 Å². The van der Waals surface area contributed by atoms with Crippen molar-refractivity contribution in [2.75, 3.05) is 0 Å². The van der Waals surface area contributed by atoms with Gasteiger partial charge in [-0.05, 0) is 23.1 Å². The molecule has 0 amide bonds. The molecule has 0 bridgehead atoms. The van der Waals surface area contributed by atoms with Gasteiger partial charge in [0.15, 0.2) is 5.52 Å². The number of rotatable bonds is 2. The number of fused-ring (bicyclic) bond motifs is 5. The average Bonchev–Trinajstić information content (AvgIpc) is 3.19. The molecule has 3 heterocycles. The molecule has 2 nitrogen and oxygen atoms in total. The predicted molar refractivity (Wildman–Crippen MR) is 119 cm³/mol. The Hall–Kier alpha value is -3.91. The summed E-state index contributed by atoms with van der Waals surface area (Å²) < 4.78 is 4.61. The van der Waals surface area contributed by atoms with Gasteiger partial charge >= 0.3 is 0 Å². The molecule has 3 aromatic carbocycles. The average molecular weight is 371 g/mol. The lowest BCUT2D eigenvalue weighted by molar-refractivity contribution is -0.509. The van der Waals surface area contributed by atoms with Gasteiger partial charge in [-0.25, -0.2) is 4.40 Å². The molecule has 0 aliphatic rings. The zero-order chi connectivity index (χ0) is 19.2. The summed E-state index contributed by atoms with van der Waals surface area (Å²) in [4.78, 5) is 0. The van der Waals surface area contributed by atoms with E-state index in [1.165, 1.54) is 38.7 Å². The van der Waals surface area contributed by atoms with Crippen molar-refractivity contribution in [2.24, 2.45) is 0 Å². The Morgan fingerprint density at radius 1 is 0.552 bits per heavy atom. The first-order chi connectivity index (χ1) is 14.4. The molecular weight excluding hydrogens is 352 g/mol. The number of hydrogen-bond acceptors (Lipinski definition) is 0. The molecule has 29 heavy (non-hydrogen) atoms. The number of pyridine rings is 2. The maximum atomic E-state index is 2.40. The quantitative estimate of drug-likeness (QED) is 0.322. The zero-order valence-corrected chi connectivity index (χ0v) is 15.9. The summed E-state index contributed by atoms with van der Waals surface area (Å²) in [5, 5.41) is 2.53. The van der Waals surface area contributed by atoms with Gasteiger partial charge in [0.1, 0.15) is 11.9 Å². The van der Waals surface area contributed by atoms with Gasteiger partial charge in [0.05, 0.1) is 6.20 Å². The molecule has 0 aliphatic carbocycles. The van der Waals surface area contributed by atoms with E-state index in [1.54, 1.807) is 0 Å². The first kappa shape index (κ1) is 16.1. The van der Waals surface area contributed by atoms with Gasteiger partial charge in [0.2, 0.25) is 0 Å². The normalized spacial score (nSPS) is 11.4. The highest BCUT2D eigenvalue weighted by Gasteiger charge is 2.24. The van der Waals surface area contributed by atoms with Crippen LogP contribution in [0.2, 0.25) is 0 Å². The highest BCUT2D eigenvalue weighted by molar-refractivity contribution is 6.09. The Kier molecular flexibility index (Phi) is 3.50. The fourth-order valence-corrected chi connectivity index (χ4v) is 4.41. The van der Waals surface area contributed by atoms with Crippen molar-refractivity contribution >= 4 is 21.9 Å². The van der Waals surface area contributed by atoms with Gasteiger partial charge in [0.25, 0.3) is 5.65 Å². The molecule has 6 rings (SSSR count). The van der Waals surface area contributed by atoms with E-state index in [-0.39, 0.29) is 0 Å². The van der Waals surface area contributed by atoms with Crippen LogP contribution in [-0.2, 0) is 0 Å². The molecule has 3 aromatic heterocycles. The molecule has 136 valence electrons. The van der Waals surface area contributed by atoms with Crippen LogP contribution in [0.15, 0.2) is 116 Å². The Morgan fingerprint density at radius 3 is 1.93 bits per heavy atom. The van der Waals surface area contributed by atoms with Crippen molar-refractivity contribution in [2.45, 2.75) is 0 Å². The third-order valence-corrected chi connectivity index (χ3v) is 5.64. The van der Waals surface area contributed by atoms with Crippen LogP contribution in [-0.4, -0.2) is 4.40 Å². The van der Waals surface area contributed by atoms with Crippen molar-refractivity contribution in [3.05, 3.63) is 116 Å². The lowest BCUT2D eigenvalue weighted by Crippen LogP contribution is -2.17. The monoisotopic (exact) mass is 371 g/mol.